The zero-order chi connectivity index (χ0) is 12.1. The summed E-state index contributed by atoms with van der Waals surface area (Å²) in [6.45, 7) is 3.20. The highest BCUT2D eigenvalue weighted by molar-refractivity contribution is 7.09. The smallest absolute Gasteiger partial charge is 0.0834 e. The van der Waals surface area contributed by atoms with E-state index < -0.39 is 0 Å². The van der Waals surface area contributed by atoms with Crippen LogP contribution in [-0.4, -0.2) is 25.3 Å². The summed E-state index contributed by atoms with van der Waals surface area (Å²) in [7, 11) is 1.88. The number of ether oxygens (including phenoxy) is 1. The third kappa shape index (κ3) is 2.90. The van der Waals surface area contributed by atoms with Crippen molar-refractivity contribution in [3.63, 3.8) is 0 Å². The van der Waals surface area contributed by atoms with Gasteiger partial charge in [-0.05, 0) is 37.3 Å². The van der Waals surface area contributed by atoms with Gasteiger partial charge >= 0.3 is 0 Å². The minimum Gasteiger partial charge on any atom is -0.377 e. The van der Waals surface area contributed by atoms with Crippen molar-refractivity contribution in [3.05, 3.63) is 22.4 Å². The zero-order valence-electron chi connectivity index (χ0n) is 10.9. The average molecular weight is 253 g/mol. The Labute approximate surface area is 108 Å². The Kier molecular flexibility index (Phi) is 4.60. The standard InChI is InChI=1S/C14H23NOS/c1-3-15-13(11-12-7-6-10-17-12)14(16-2)8-4-5-9-14/h6-7,10,13,15H,3-5,8-9,11H2,1-2H3. The first-order valence-electron chi connectivity index (χ1n) is 6.61. The first kappa shape index (κ1) is 13.1. The van der Waals surface area contributed by atoms with Crippen molar-refractivity contribution in [2.24, 2.45) is 0 Å². The van der Waals surface area contributed by atoms with E-state index >= 15 is 0 Å². The van der Waals surface area contributed by atoms with E-state index in [1.165, 1.54) is 30.6 Å². The highest BCUT2D eigenvalue weighted by atomic mass is 32.1. The van der Waals surface area contributed by atoms with Crippen LogP contribution in [0.2, 0.25) is 0 Å². The highest BCUT2D eigenvalue weighted by Crippen LogP contribution is 2.37. The van der Waals surface area contributed by atoms with E-state index in [9.17, 15) is 0 Å². The summed E-state index contributed by atoms with van der Waals surface area (Å²) in [4.78, 5) is 1.46. The first-order valence-corrected chi connectivity index (χ1v) is 7.49. The Morgan fingerprint density at radius 1 is 1.47 bits per heavy atom. The predicted octanol–water partition coefficient (Wildman–Crippen LogP) is 3.23. The van der Waals surface area contributed by atoms with Crippen LogP contribution in [0.25, 0.3) is 0 Å². The van der Waals surface area contributed by atoms with Crippen LogP contribution in [0, 0.1) is 0 Å². The molecule has 1 heterocycles. The molecule has 1 saturated carbocycles. The summed E-state index contributed by atoms with van der Waals surface area (Å²) in [6.07, 6.45) is 6.11. The number of hydrogen-bond acceptors (Lipinski definition) is 3. The number of rotatable bonds is 6. The Hall–Kier alpha value is -0.380. The lowest BCUT2D eigenvalue weighted by Gasteiger charge is -2.37. The maximum atomic E-state index is 5.90. The number of thiophene rings is 1. The number of likely N-dealkylation sites (N-methyl/N-ethyl adjacent to an activating group) is 1. The molecule has 0 aromatic carbocycles. The number of nitrogens with one attached hydrogen (secondary N) is 1. The van der Waals surface area contributed by atoms with Crippen molar-refractivity contribution >= 4 is 11.3 Å². The molecule has 17 heavy (non-hydrogen) atoms. The van der Waals surface area contributed by atoms with E-state index in [4.69, 9.17) is 4.74 Å². The lowest BCUT2D eigenvalue weighted by molar-refractivity contribution is -0.0349. The van der Waals surface area contributed by atoms with Gasteiger partial charge in [0.25, 0.3) is 0 Å². The molecule has 0 saturated heterocycles. The van der Waals surface area contributed by atoms with Crippen LogP contribution in [0.3, 0.4) is 0 Å². The predicted molar refractivity (Wildman–Crippen MR) is 73.7 cm³/mol. The molecule has 1 atom stereocenters. The Balaban J connectivity index is 2.09. The molecular weight excluding hydrogens is 230 g/mol. The van der Waals surface area contributed by atoms with Gasteiger partial charge in [-0.15, -0.1) is 11.3 Å². The van der Waals surface area contributed by atoms with Crippen molar-refractivity contribution < 1.29 is 4.74 Å². The molecule has 1 N–H and O–H groups in total. The number of hydrogen-bond donors (Lipinski definition) is 1. The van der Waals surface area contributed by atoms with Crippen molar-refractivity contribution in [2.45, 2.75) is 50.7 Å². The van der Waals surface area contributed by atoms with Crippen molar-refractivity contribution in [1.82, 2.24) is 5.32 Å². The molecule has 1 aliphatic carbocycles. The van der Waals surface area contributed by atoms with Crippen LogP contribution in [0.5, 0.6) is 0 Å². The van der Waals surface area contributed by atoms with Crippen molar-refractivity contribution in [1.29, 1.82) is 0 Å². The SMILES string of the molecule is CCNC(Cc1cccs1)C1(OC)CCCC1. The van der Waals surface area contributed by atoms with Gasteiger partial charge in [0.2, 0.25) is 0 Å². The van der Waals surface area contributed by atoms with Gasteiger partial charge in [-0.25, -0.2) is 0 Å². The fourth-order valence-corrected chi connectivity index (χ4v) is 3.74. The molecule has 0 radical (unpaired) electrons. The maximum absolute atomic E-state index is 5.90. The Bertz CT molecular complexity index is 317. The fourth-order valence-electron chi connectivity index (χ4n) is 2.99. The number of methoxy groups -OCH3 is 1. The quantitative estimate of drug-likeness (QED) is 0.840. The highest BCUT2D eigenvalue weighted by Gasteiger charge is 2.41. The molecule has 1 aliphatic rings. The summed E-state index contributed by atoms with van der Waals surface area (Å²) in [5.74, 6) is 0. The van der Waals surface area contributed by atoms with Gasteiger partial charge in [-0.1, -0.05) is 25.8 Å². The molecule has 0 amide bonds. The normalized spacial score (nSPS) is 20.6. The summed E-state index contributed by atoms with van der Waals surface area (Å²) in [5, 5.41) is 5.80. The van der Waals surface area contributed by atoms with Gasteiger partial charge in [0.1, 0.15) is 0 Å². The Morgan fingerprint density at radius 3 is 2.76 bits per heavy atom. The van der Waals surface area contributed by atoms with Crippen LogP contribution in [0.4, 0.5) is 0 Å². The van der Waals surface area contributed by atoms with Crippen molar-refractivity contribution in [3.8, 4) is 0 Å². The molecule has 0 bridgehead atoms. The zero-order valence-corrected chi connectivity index (χ0v) is 11.7. The Morgan fingerprint density at radius 2 is 2.24 bits per heavy atom. The summed E-state index contributed by atoms with van der Waals surface area (Å²) in [5.41, 5.74) is 0.0694. The topological polar surface area (TPSA) is 21.3 Å². The van der Waals surface area contributed by atoms with Crippen LogP contribution in [-0.2, 0) is 11.2 Å². The third-order valence-corrected chi connectivity index (χ3v) is 4.83. The monoisotopic (exact) mass is 253 g/mol. The van der Waals surface area contributed by atoms with Crippen LogP contribution in [0.1, 0.15) is 37.5 Å². The van der Waals surface area contributed by atoms with E-state index in [1.807, 2.05) is 18.4 Å². The van der Waals surface area contributed by atoms with Gasteiger partial charge in [-0.3, -0.25) is 0 Å². The van der Waals surface area contributed by atoms with Crippen LogP contribution >= 0.6 is 11.3 Å². The second-order valence-electron chi connectivity index (χ2n) is 4.87. The molecule has 0 spiro atoms. The van der Waals surface area contributed by atoms with E-state index in [1.54, 1.807) is 0 Å². The van der Waals surface area contributed by atoms with Crippen molar-refractivity contribution in [2.75, 3.05) is 13.7 Å². The van der Waals surface area contributed by atoms with Crippen LogP contribution in [0.15, 0.2) is 17.5 Å². The van der Waals surface area contributed by atoms with E-state index in [0.29, 0.717) is 6.04 Å². The molecule has 2 rings (SSSR count). The second-order valence-corrected chi connectivity index (χ2v) is 5.90. The minimum atomic E-state index is 0.0694. The largest absolute Gasteiger partial charge is 0.377 e. The molecule has 1 aromatic rings. The van der Waals surface area contributed by atoms with Gasteiger partial charge in [0.15, 0.2) is 0 Å². The van der Waals surface area contributed by atoms with Gasteiger partial charge < -0.3 is 10.1 Å². The molecule has 1 fully saturated rings. The first-order chi connectivity index (χ1) is 8.30. The summed E-state index contributed by atoms with van der Waals surface area (Å²) < 4.78 is 5.90. The second kappa shape index (κ2) is 5.98. The van der Waals surface area contributed by atoms with Crippen LogP contribution < -0.4 is 5.32 Å². The minimum absolute atomic E-state index is 0.0694. The van der Waals surface area contributed by atoms with E-state index in [-0.39, 0.29) is 5.60 Å². The molecule has 96 valence electrons. The molecule has 2 nitrogen and oxygen atoms in total. The maximum Gasteiger partial charge on any atom is 0.0834 e. The van der Waals surface area contributed by atoms with Gasteiger partial charge in [0.05, 0.1) is 5.60 Å². The molecule has 1 aromatic heterocycles. The van der Waals surface area contributed by atoms with Gasteiger partial charge in [0, 0.05) is 18.0 Å². The van der Waals surface area contributed by atoms with Gasteiger partial charge in [-0.2, -0.15) is 0 Å². The lowest BCUT2D eigenvalue weighted by atomic mass is 9.89. The van der Waals surface area contributed by atoms with E-state index in [2.05, 4.69) is 29.8 Å². The summed E-state index contributed by atoms with van der Waals surface area (Å²) >= 11 is 1.85. The van der Waals surface area contributed by atoms with E-state index in [0.717, 1.165) is 13.0 Å². The molecule has 1 unspecified atom stereocenters. The molecular formula is C14H23NOS. The molecule has 0 aliphatic heterocycles. The lowest BCUT2D eigenvalue weighted by Crippen LogP contribution is -2.51. The molecule has 3 heteroatoms. The fraction of sp³-hybridized carbons (Fsp3) is 0.714. The third-order valence-electron chi connectivity index (χ3n) is 3.93. The average Bonchev–Trinajstić information content (AvgIpc) is 3.00. The summed E-state index contributed by atoms with van der Waals surface area (Å²) in [6, 6.07) is 4.82.